The predicted octanol–water partition coefficient (Wildman–Crippen LogP) is 0.759. The van der Waals surface area contributed by atoms with Gasteiger partial charge in [0.2, 0.25) is 0 Å². The van der Waals surface area contributed by atoms with Gasteiger partial charge in [-0.15, -0.1) is 0 Å². The molecule has 3 N–H and O–H groups in total. The summed E-state index contributed by atoms with van der Waals surface area (Å²) in [4.78, 5) is 0. The third-order valence-corrected chi connectivity index (χ3v) is 3.54. The largest absolute Gasteiger partial charge is 0.491 e. The Bertz CT molecular complexity index is 619. The maximum atomic E-state index is 9.82. The van der Waals surface area contributed by atoms with Gasteiger partial charge in [0.05, 0.1) is 17.3 Å². The number of aliphatic hydroxyl groups excluding tert-OH is 1. The molecule has 0 spiro atoms. The quantitative estimate of drug-likeness (QED) is 0.837. The van der Waals surface area contributed by atoms with Gasteiger partial charge in [0.25, 0.3) is 0 Å². The molecule has 0 amide bonds. The zero-order valence-corrected chi connectivity index (χ0v) is 11.3. The van der Waals surface area contributed by atoms with Gasteiger partial charge in [0, 0.05) is 36.9 Å². The average Bonchev–Trinajstić information content (AvgIpc) is 2.65. The Balaban J connectivity index is 2.22. The molecule has 5 nitrogen and oxygen atoms in total. The number of ether oxygens (including phenoxy) is 1. The fourth-order valence-electron chi connectivity index (χ4n) is 2.76. The maximum absolute atomic E-state index is 9.82. The first-order chi connectivity index (χ1) is 9.06. The van der Waals surface area contributed by atoms with Crippen molar-refractivity contribution in [1.82, 2.24) is 9.78 Å². The maximum Gasteiger partial charge on any atom is 0.123 e. The zero-order valence-electron chi connectivity index (χ0n) is 11.3. The summed E-state index contributed by atoms with van der Waals surface area (Å²) in [5.41, 5.74) is 9.00. The molecule has 0 fully saturated rings. The molecule has 1 aliphatic rings. The van der Waals surface area contributed by atoms with Crippen molar-refractivity contribution < 1.29 is 9.84 Å². The lowest BCUT2D eigenvalue weighted by molar-refractivity contribution is 0.0927. The van der Waals surface area contributed by atoms with Crippen molar-refractivity contribution in [3.8, 4) is 5.75 Å². The van der Waals surface area contributed by atoms with Crippen LogP contribution >= 0.6 is 0 Å². The summed E-state index contributed by atoms with van der Waals surface area (Å²) >= 11 is 0. The van der Waals surface area contributed by atoms with Crippen LogP contribution in [-0.4, -0.2) is 33.6 Å². The highest BCUT2D eigenvalue weighted by molar-refractivity contribution is 5.88. The van der Waals surface area contributed by atoms with Crippen molar-refractivity contribution in [3.63, 3.8) is 0 Å². The van der Waals surface area contributed by atoms with Crippen LogP contribution in [0.15, 0.2) is 12.1 Å². The molecule has 5 heteroatoms. The van der Waals surface area contributed by atoms with E-state index in [1.54, 1.807) is 0 Å². The molecule has 1 aliphatic heterocycles. The monoisotopic (exact) mass is 261 g/mol. The lowest BCUT2D eigenvalue weighted by atomic mass is 9.97. The molecule has 2 heterocycles. The molecule has 0 saturated heterocycles. The van der Waals surface area contributed by atoms with E-state index < -0.39 is 6.10 Å². The van der Waals surface area contributed by atoms with Gasteiger partial charge in [-0.3, -0.25) is 4.68 Å². The number of aromatic nitrogens is 2. The third-order valence-electron chi connectivity index (χ3n) is 3.54. The second kappa shape index (κ2) is 4.51. The van der Waals surface area contributed by atoms with E-state index in [9.17, 15) is 5.11 Å². The molecular formula is C14H19N3O2. The number of hydrogen-bond donors (Lipinski definition) is 2. The minimum absolute atomic E-state index is 0.0587. The predicted molar refractivity (Wildman–Crippen MR) is 73.3 cm³/mol. The van der Waals surface area contributed by atoms with E-state index in [0.717, 1.165) is 34.3 Å². The first kappa shape index (κ1) is 12.4. The highest BCUT2D eigenvalue weighted by atomic mass is 16.5. The van der Waals surface area contributed by atoms with E-state index in [2.05, 4.69) is 5.10 Å². The number of aliphatic hydroxyl groups is 1. The molecular weight excluding hydrogens is 242 g/mol. The van der Waals surface area contributed by atoms with Gasteiger partial charge in [-0.05, 0) is 19.1 Å². The molecule has 3 rings (SSSR count). The van der Waals surface area contributed by atoms with E-state index in [4.69, 9.17) is 10.5 Å². The summed E-state index contributed by atoms with van der Waals surface area (Å²) < 4.78 is 7.46. The molecule has 102 valence electrons. The molecule has 0 aliphatic carbocycles. The fourth-order valence-corrected chi connectivity index (χ4v) is 2.76. The van der Waals surface area contributed by atoms with Gasteiger partial charge in [0.1, 0.15) is 12.4 Å². The molecule has 2 aromatic rings. The second-order valence-electron chi connectivity index (χ2n) is 5.36. The smallest absolute Gasteiger partial charge is 0.123 e. The number of rotatable bonds is 2. The molecule has 19 heavy (non-hydrogen) atoms. The number of nitrogens with two attached hydrogens (primary N) is 1. The SMILES string of the molecule is CC(N)Cc1nn(C)c2ccc3c(c12)C[C@H](O)CO3. The van der Waals surface area contributed by atoms with E-state index in [0.29, 0.717) is 13.0 Å². The van der Waals surface area contributed by atoms with Crippen molar-refractivity contribution in [3.05, 3.63) is 23.4 Å². The number of fused-ring (bicyclic) bond motifs is 3. The lowest BCUT2D eigenvalue weighted by Gasteiger charge is -2.22. The highest BCUT2D eigenvalue weighted by Gasteiger charge is 2.23. The van der Waals surface area contributed by atoms with Crippen LogP contribution in [0.4, 0.5) is 0 Å². The van der Waals surface area contributed by atoms with Gasteiger partial charge < -0.3 is 15.6 Å². The molecule has 0 saturated carbocycles. The van der Waals surface area contributed by atoms with Crippen molar-refractivity contribution >= 4 is 10.9 Å². The molecule has 1 aromatic heterocycles. The van der Waals surface area contributed by atoms with Crippen LogP contribution in [0, 0.1) is 0 Å². The van der Waals surface area contributed by atoms with Crippen LogP contribution in [0.5, 0.6) is 5.75 Å². The van der Waals surface area contributed by atoms with E-state index in [1.807, 2.05) is 30.8 Å². The lowest BCUT2D eigenvalue weighted by Crippen LogP contribution is -2.25. The first-order valence-electron chi connectivity index (χ1n) is 6.60. The fraction of sp³-hybridized carbons (Fsp3) is 0.500. The van der Waals surface area contributed by atoms with Crippen LogP contribution in [0.1, 0.15) is 18.2 Å². The van der Waals surface area contributed by atoms with Crippen LogP contribution in [-0.2, 0) is 19.9 Å². The normalized spacial score (nSPS) is 20.1. The molecule has 1 aromatic carbocycles. The van der Waals surface area contributed by atoms with Gasteiger partial charge in [-0.2, -0.15) is 5.10 Å². The Hall–Kier alpha value is -1.59. The van der Waals surface area contributed by atoms with Gasteiger partial charge in [-0.25, -0.2) is 0 Å². The average molecular weight is 261 g/mol. The summed E-state index contributed by atoms with van der Waals surface area (Å²) in [5.74, 6) is 0.858. The summed E-state index contributed by atoms with van der Waals surface area (Å²) in [7, 11) is 1.93. The highest BCUT2D eigenvalue weighted by Crippen LogP contribution is 2.34. The first-order valence-corrected chi connectivity index (χ1v) is 6.60. The Morgan fingerprint density at radius 1 is 1.58 bits per heavy atom. The second-order valence-corrected chi connectivity index (χ2v) is 5.36. The van der Waals surface area contributed by atoms with Crippen molar-refractivity contribution in [2.45, 2.75) is 31.9 Å². The topological polar surface area (TPSA) is 73.3 Å². The Kier molecular flexibility index (Phi) is 2.95. The van der Waals surface area contributed by atoms with Crippen LogP contribution in [0.25, 0.3) is 10.9 Å². The Morgan fingerprint density at radius 3 is 3.11 bits per heavy atom. The van der Waals surface area contributed by atoms with E-state index >= 15 is 0 Å². The minimum atomic E-state index is -0.443. The number of benzene rings is 1. The zero-order chi connectivity index (χ0) is 13.6. The van der Waals surface area contributed by atoms with Crippen molar-refractivity contribution in [2.75, 3.05) is 6.61 Å². The van der Waals surface area contributed by atoms with Crippen molar-refractivity contribution in [2.24, 2.45) is 12.8 Å². The minimum Gasteiger partial charge on any atom is -0.491 e. The number of hydrogen-bond acceptors (Lipinski definition) is 4. The van der Waals surface area contributed by atoms with E-state index in [1.165, 1.54) is 0 Å². The molecule has 1 unspecified atom stereocenters. The Labute approximate surface area is 112 Å². The Morgan fingerprint density at radius 2 is 2.37 bits per heavy atom. The summed E-state index contributed by atoms with van der Waals surface area (Å²) in [6, 6.07) is 4.04. The third kappa shape index (κ3) is 2.09. The van der Waals surface area contributed by atoms with E-state index in [-0.39, 0.29) is 6.04 Å². The van der Waals surface area contributed by atoms with Crippen molar-refractivity contribution in [1.29, 1.82) is 0 Å². The summed E-state index contributed by atoms with van der Waals surface area (Å²) in [6.45, 7) is 2.34. The van der Waals surface area contributed by atoms with Gasteiger partial charge >= 0.3 is 0 Å². The standard InChI is InChI=1S/C14H19N3O2/c1-8(15)5-11-14-10-6-9(18)7-19-13(10)4-3-12(14)17(2)16-11/h3-4,8-9,18H,5-7,15H2,1-2H3/t8?,9-/m0/s1. The van der Waals surface area contributed by atoms with Crippen LogP contribution in [0.2, 0.25) is 0 Å². The number of nitrogens with zero attached hydrogens (tertiary/aromatic N) is 2. The summed E-state index contributed by atoms with van der Waals surface area (Å²) in [6.07, 6.45) is 0.898. The van der Waals surface area contributed by atoms with Gasteiger partial charge in [0.15, 0.2) is 0 Å². The molecule has 0 radical (unpaired) electrons. The molecule has 0 bridgehead atoms. The summed E-state index contributed by atoms with van der Waals surface area (Å²) in [5, 5.41) is 15.5. The van der Waals surface area contributed by atoms with Crippen LogP contribution < -0.4 is 10.5 Å². The van der Waals surface area contributed by atoms with Gasteiger partial charge in [-0.1, -0.05) is 0 Å². The van der Waals surface area contributed by atoms with Crippen LogP contribution in [0.3, 0.4) is 0 Å². The molecule has 2 atom stereocenters. The number of aryl methyl sites for hydroxylation is 1.